The molecule has 0 aliphatic carbocycles. The number of rotatable bonds is 3. The molecule has 0 bridgehead atoms. The molecule has 1 unspecified atom stereocenters. The van der Waals surface area contributed by atoms with Gasteiger partial charge >= 0.3 is 0 Å². The van der Waals surface area contributed by atoms with Gasteiger partial charge in [0, 0.05) is 0 Å². The van der Waals surface area contributed by atoms with Crippen molar-refractivity contribution in [1.82, 2.24) is 0 Å². The highest BCUT2D eigenvalue weighted by Crippen LogP contribution is 1.90. The topological polar surface area (TPSA) is 19.9 Å². The molecule has 0 saturated heterocycles. The SMILES string of the molecule is CCCC=CC(C)[O]. The maximum atomic E-state index is 10.3. The van der Waals surface area contributed by atoms with Gasteiger partial charge in [0.25, 0.3) is 0 Å². The lowest BCUT2D eigenvalue weighted by Crippen LogP contribution is -1.88. The molecule has 0 fully saturated rings. The van der Waals surface area contributed by atoms with E-state index in [-0.39, 0.29) is 0 Å². The van der Waals surface area contributed by atoms with Crippen LogP contribution in [0, 0.1) is 0 Å². The van der Waals surface area contributed by atoms with Crippen LogP contribution in [0.3, 0.4) is 0 Å². The molecule has 0 spiro atoms. The Kier molecular flexibility index (Phi) is 4.67. The second-order valence-corrected chi connectivity index (χ2v) is 1.92. The molecule has 0 aromatic carbocycles. The van der Waals surface area contributed by atoms with Crippen molar-refractivity contribution < 1.29 is 5.11 Å². The third-order valence-corrected chi connectivity index (χ3v) is 0.862. The maximum absolute atomic E-state index is 10.3. The summed E-state index contributed by atoms with van der Waals surface area (Å²) in [4.78, 5) is 0. The quantitative estimate of drug-likeness (QED) is 0.500. The van der Waals surface area contributed by atoms with Gasteiger partial charge in [0.2, 0.25) is 0 Å². The number of unbranched alkanes of at least 4 members (excludes halogenated alkanes) is 1. The van der Waals surface area contributed by atoms with E-state index in [1.54, 1.807) is 13.0 Å². The van der Waals surface area contributed by atoms with Gasteiger partial charge in [-0.05, 0) is 13.3 Å². The Morgan fingerprint density at radius 3 is 2.62 bits per heavy atom. The van der Waals surface area contributed by atoms with Gasteiger partial charge in [-0.25, -0.2) is 5.11 Å². The highest BCUT2D eigenvalue weighted by atomic mass is 16.3. The number of allylic oxidation sites excluding steroid dienone is 1. The molecule has 8 heavy (non-hydrogen) atoms. The molecule has 0 amide bonds. The van der Waals surface area contributed by atoms with E-state index >= 15 is 0 Å². The van der Waals surface area contributed by atoms with Crippen molar-refractivity contribution in [1.29, 1.82) is 0 Å². The fraction of sp³-hybridized carbons (Fsp3) is 0.714. The van der Waals surface area contributed by atoms with E-state index in [2.05, 4.69) is 6.92 Å². The highest BCUT2D eigenvalue weighted by Gasteiger charge is 1.84. The molecule has 1 atom stereocenters. The Morgan fingerprint density at radius 2 is 2.25 bits per heavy atom. The molecule has 0 aliphatic rings. The molecular weight excluding hydrogens is 100 g/mol. The summed E-state index contributed by atoms with van der Waals surface area (Å²) < 4.78 is 0. The Bertz CT molecular complexity index is 64.8. The van der Waals surface area contributed by atoms with Gasteiger partial charge < -0.3 is 0 Å². The third kappa shape index (κ3) is 5.70. The second kappa shape index (κ2) is 4.85. The molecule has 47 valence electrons. The Balaban J connectivity index is 3.07. The second-order valence-electron chi connectivity index (χ2n) is 1.92. The van der Waals surface area contributed by atoms with Crippen LogP contribution in [-0.4, -0.2) is 6.10 Å². The first-order valence-electron chi connectivity index (χ1n) is 3.10. The van der Waals surface area contributed by atoms with Crippen molar-refractivity contribution in [2.75, 3.05) is 0 Å². The first kappa shape index (κ1) is 7.70. The summed E-state index contributed by atoms with van der Waals surface area (Å²) in [5.74, 6) is 0. The molecule has 0 heterocycles. The molecule has 0 aliphatic heterocycles. The zero-order chi connectivity index (χ0) is 6.41. The van der Waals surface area contributed by atoms with Gasteiger partial charge in [-0.3, -0.25) is 0 Å². The molecule has 0 saturated carbocycles. The minimum absolute atomic E-state index is 0.526. The normalized spacial score (nSPS) is 14.9. The van der Waals surface area contributed by atoms with E-state index in [9.17, 15) is 5.11 Å². The van der Waals surface area contributed by atoms with Crippen LogP contribution in [-0.2, 0) is 5.11 Å². The number of hydrogen-bond acceptors (Lipinski definition) is 0. The molecule has 1 radical (unpaired) electrons. The first-order valence-corrected chi connectivity index (χ1v) is 3.10. The smallest absolute Gasteiger partial charge is 0.108 e. The zero-order valence-corrected chi connectivity index (χ0v) is 5.55. The predicted molar refractivity (Wildman–Crippen MR) is 34.2 cm³/mol. The lowest BCUT2D eigenvalue weighted by atomic mass is 10.3. The Morgan fingerprint density at radius 1 is 1.62 bits per heavy atom. The minimum Gasteiger partial charge on any atom is -0.229 e. The average molecular weight is 113 g/mol. The first-order chi connectivity index (χ1) is 3.77. The van der Waals surface area contributed by atoms with Crippen molar-refractivity contribution in [3.05, 3.63) is 12.2 Å². The average Bonchev–Trinajstić information content (AvgIpc) is 1.66. The fourth-order valence-electron chi connectivity index (χ4n) is 0.455. The maximum Gasteiger partial charge on any atom is 0.108 e. The molecule has 0 aromatic heterocycles. The van der Waals surface area contributed by atoms with Gasteiger partial charge in [0.05, 0.1) is 0 Å². The standard InChI is InChI=1S/C7H13O/c1-3-4-5-6-7(2)8/h5-7H,3-4H2,1-2H3. The van der Waals surface area contributed by atoms with Gasteiger partial charge in [0.1, 0.15) is 6.10 Å². The van der Waals surface area contributed by atoms with Gasteiger partial charge in [0.15, 0.2) is 0 Å². The summed E-state index contributed by atoms with van der Waals surface area (Å²) in [5.41, 5.74) is 0. The van der Waals surface area contributed by atoms with E-state index in [1.165, 1.54) is 0 Å². The van der Waals surface area contributed by atoms with Crippen LogP contribution in [0.1, 0.15) is 26.7 Å². The van der Waals surface area contributed by atoms with Crippen molar-refractivity contribution in [3.8, 4) is 0 Å². The molecular formula is C7H13O. The van der Waals surface area contributed by atoms with E-state index in [4.69, 9.17) is 0 Å². The Hall–Kier alpha value is -0.300. The third-order valence-electron chi connectivity index (χ3n) is 0.862. The number of hydrogen-bond donors (Lipinski definition) is 0. The lowest BCUT2D eigenvalue weighted by molar-refractivity contribution is 0.146. The molecule has 0 N–H and O–H groups in total. The summed E-state index contributed by atoms with van der Waals surface area (Å²) in [7, 11) is 0. The molecule has 1 heteroatoms. The molecule has 0 rings (SSSR count). The summed E-state index contributed by atoms with van der Waals surface area (Å²) in [6.07, 6.45) is 5.28. The van der Waals surface area contributed by atoms with Crippen molar-refractivity contribution >= 4 is 0 Å². The lowest BCUT2D eigenvalue weighted by Gasteiger charge is -1.87. The Labute approximate surface area is 51.0 Å². The van der Waals surface area contributed by atoms with Crippen LogP contribution in [0.15, 0.2) is 12.2 Å². The largest absolute Gasteiger partial charge is 0.229 e. The van der Waals surface area contributed by atoms with E-state index in [0.717, 1.165) is 12.8 Å². The van der Waals surface area contributed by atoms with Crippen LogP contribution in [0.4, 0.5) is 0 Å². The van der Waals surface area contributed by atoms with Crippen LogP contribution in [0.5, 0.6) is 0 Å². The van der Waals surface area contributed by atoms with Crippen molar-refractivity contribution in [2.45, 2.75) is 32.8 Å². The molecule has 0 aromatic rings. The molecule has 1 nitrogen and oxygen atoms in total. The van der Waals surface area contributed by atoms with Gasteiger partial charge in [-0.1, -0.05) is 25.5 Å². The predicted octanol–water partition coefficient (Wildman–Crippen LogP) is 2.16. The summed E-state index contributed by atoms with van der Waals surface area (Å²) >= 11 is 0. The summed E-state index contributed by atoms with van der Waals surface area (Å²) in [5, 5.41) is 10.3. The van der Waals surface area contributed by atoms with Gasteiger partial charge in [-0.2, -0.15) is 0 Å². The zero-order valence-electron chi connectivity index (χ0n) is 5.55. The summed E-state index contributed by atoms with van der Waals surface area (Å²) in [6.45, 7) is 3.74. The monoisotopic (exact) mass is 113 g/mol. The van der Waals surface area contributed by atoms with Crippen molar-refractivity contribution in [2.24, 2.45) is 0 Å². The van der Waals surface area contributed by atoms with Crippen molar-refractivity contribution in [3.63, 3.8) is 0 Å². The fourth-order valence-corrected chi connectivity index (χ4v) is 0.455. The van der Waals surface area contributed by atoms with Crippen LogP contribution in [0.25, 0.3) is 0 Å². The van der Waals surface area contributed by atoms with E-state index in [0.29, 0.717) is 0 Å². The van der Waals surface area contributed by atoms with E-state index in [1.807, 2.05) is 6.08 Å². The van der Waals surface area contributed by atoms with E-state index < -0.39 is 6.10 Å². The van der Waals surface area contributed by atoms with Crippen LogP contribution in [0.2, 0.25) is 0 Å². The van der Waals surface area contributed by atoms with Crippen LogP contribution < -0.4 is 0 Å². The summed E-state index contributed by atoms with van der Waals surface area (Å²) in [6, 6.07) is 0. The highest BCUT2D eigenvalue weighted by molar-refractivity contribution is 4.85. The van der Waals surface area contributed by atoms with Crippen LogP contribution >= 0.6 is 0 Å². The minimum atomic E-state index is -0.526. The van der Waals surface area contributed by atoms with Gasteiger partial charge in [-0.15, -0.1) is 0 Å².